The van der Waals surface area contributed by atoms with E-state index in [4.69, 9.17) is 0 Å². The largest absolute Gasteiger partial charge is 0.465 e. The van der Waals surface area contributed by atoms with Crippen molar-refractivity contribution in [2.45, 2.75) is 65.3 Å². The number of nitrogens with zero attached hydrogens (tertiary/aromatic N) is 3. The van der Waals surface area contributed by atoms with E-state index in [1.165, 1.54) is 11.1 Å². The van der Waals surface area contributed by atoms with Gasteiger partial charge in [0, 0.05) is 29.6 Å². The molecule has 0 spiro atoms. The van der Waals surface area contributed by atoms with Crippen molar-refractivity contribution in [3.05, 3.63) is 88.7 Å². The van der Waals surface area contributed by atoms with E-state index in [2.05, 4.69) is 21.7 Å². The Morgan fingerprint density at radius 3 is 2.36 bits per heavy atom. The van der Waals surface area contributed by atoms with Crippen molar-refractivity contribution in [2.24, 2.45) is 5.41 Å². The molecule has 1 aliphatic rings. The van der Waals surface area contributed by atoms with Crippen molar-refractivity contribution in [3.8, 4) is 6.07 Å². The molecule has 0 bridgehead atoms. The van der Waals surface area contributed by atoms with Gasteiger partial charge in [-0.15, -0.1) is 0 Å². The van der Waals surface area contributed by atoms with Crippen LogP contribution in [0.4, 0.5) is 16.2 Å². The lowest BCUT2D eigenvalue weighted by molar-refractivity contribution is 0.0274. The van der Waals surface area contributed by atoms with Gasteiger partial charge in [-0.2, -0.15) is 5.26 Å². The van der Waals surface area contributed by atoms with Crippen LogP contribution in [0.3, 0.4) is 0 Å². The zero-order valence-electron chi connectivity index (χ0n) is 24.9. The number of carbonyl (C=O) groups excluding carboxylic acids is 2. The van der Waals surface area contributed by atoms with E-state index in [1.54, 1.807) is 69.4 Å². The number of nitriles is 1. The lowest BCUT2D eigenvalue weighted by atomic mass is 9.68. The molecule has 1 fully saturated rings. The SMILES string of the molecule is Cc1ccc(NC(=O)c2cccc(C(C)(C)C#N)c2)cc1C(=O)Nc1cncc(C2(C(C)(C)C)CCCN2C(=O)O)c1. The van der Waals surface area contributed by atoms with Gasteiger partial charge >= 0.3 is 6.09 Å². The molecule has 1 saturated heterocycles. The Morgan fingerprint density at radius 1 is 0.976 bits per heavy atom. The number of nitrogens with one attached hydrogen (secondary N) is 2. The summed E-state index contributed by atoms with van der Waals surface area (Å²) in [5.41, 5.74) is 1.90. The molecule has 9 heteroatoms. The fourth-order valence-electron chi connectivity index (χ4n) is 5.79. The van der Waals surface area contributed by atoms with Crippen molar-refractivity contribution < 1.29 is 19.5 Å². The number of rotatable bonds is 6. The number of pyridine rings is 1. The first-order valence-corrected chi connectivity index (χ1v) is 13.9. The first-order chi connectivity index (χ1) is 19.7. The van der Waals surface area contributed by atoms with E-state index in [9.17, 15) is 24.8 Å². The van der Waals surface area contributed by atoms with Crippen LogP contribution in [0.1, 0.15) is 84.9 Å². The number of hydrogen-bond donors (Lipinski definition) is 3. The molecule has 2 aromatic carbocycles. The molecule has 3 N–H and O–H groups in total. The van der Waals surface area contributed by atoms with E-state index in [0.29, 0.717) is 41.0 Å². The number of carboxylic acid groups (broad SMARTS) is 1. The van der Waals surface area contributed by atoms with Crippen LogP contribution < -0.4 is 10.6 Å². The summed E-state index contributed by atoms with van der Waals surface area (Å²) in [5.74, 6) is -0.739. The van der Waals surface area contributed by atoms with Gasteiger partial charge in [-0.1, -0.05) is 39.0 Å². The summed E-state index contributed by atoms with van der Waals surface area (Å²) in [6, 6.07) is 16.1. The third-order valence-electron chi connectivity index (χ3n) is 8.19. The van der Waals surface area contributed by atoms with Gasteiger partial charge in [-0.3, -0.25) is 19.5 Å². The van der Waals surface area contributed by atoms with Gasteiger partial charge in [0.15, 0.2) is 0 Å². The Balaban J connectivity index is 1.58. The predicted octanol–water partition coefficient (Wildman–Crippen LogP) is 6.71. The molecule has 1 aromatic heterocycles. The molecule has 1 aliphatic heterocycles. The zero-order valence-corrected chi connectivity index (χ0v) is 24.9. The predicted molar refractivity (Wildman–Crippen MR) is 162 cm³/mol. The van der Waals surface area contributed by atoms with Crippen LogP contribution in [0.25, 0.3) is 0 Å². The third kappa shape index (κ3) is 5.70. The number of likely N-dealkylation sites (tertiary alicyclic amines) is 1. The highest BCUT2D eigenvalue weighted by atomic mass is 16.4. The Morgan fingerprint density at radius 2 is 1.69 bits per heavy atom. The lowest BCUT2D eigenvalue weighted by Crippen LogP contribution is -2.52. The van der Waals surface area contributed by atoms with Crippen molar-refractivity contribution in [1.29, 1.82) is 5.26 Å². The smallest absolute Gasteiger partial charge is 0.408 e. The summed E-state index contributed by atoms with van der Waals surface area (Å²) >= 11 is 0. The molecule has 3 amide bonds. The molecule has 1 atom stereocenters. The van der Waals surface area contributed by atoms with Crippen LogP contribution >= 0.6 is 0 Å². The van der Waals surface area contributed by atoms with Gasteiger partial charge in [0.25, 0.3) is 11.8 Å². The first-order valence-electron chi connectivity index (χ1n) is 13.9. The monoisotopic (exact) mass is 567 g/mol. The van der Waals surface area contributed by atoms with Crippen molar-refractivity contribution in [2.75, 3.05) is 17.2 Å². The number of aryl methyl sites for hydroxylation is 1. The summed E-state index contributed by atoms with van der Waals surface area (Å²) in [5, 5.41) is 25.2. The van der Waals surface area contributed by atoms with E-state index in [-0.39, 0.29) is 11.8 Å². The minimum Gasteiger partial charge on any atom is -0.465 e. The van der Waals surface area contributed by atoms with Crippen LogP contribution in [0.5, 0.6) is 0 Å². The summed E-state index contributed by atoms with van der Waals surface area (Å²) < 4.78 is 0. The number of carbonyl (C=O) groups is 3. The fourth-order valence-corrected chi connectivity index (χ4v) is 5.79. The lowest BCUT2D eigenvalue weighted by Gasteiger charge is -2.47. The van der Waals surface area contributed by atoms with Crippen LogP contribution in [-0.2, 0) is 11.0 Å². The standard InChI is InChI=1S/C33H37N5O4/c1-21-11-12-25(36-28(39)22-9-7-10-23(15-22)32(5,6)20-34)17-27(21)29(40)37-26-16-24(18-35-19-26)33(31(2,3)4)13-8-14-38(33)30(41)42/h7,9-12,15-19H,8,13-14H2,1-6H3,(H,36,39)(H,37,40)(H,41,42). The number of benzene rings is 2. The summed E-state index contributed by atoms with van der Waals surface area (Å²) in [4.78, 5) is 44.5. The maximum Gasteiger partial charge on any atom is 0.408 e. The normalized spacial score (nSPS) is 16.9. The Labute approximate surface area is 246 Å². The maximum absolute atomic E-state index is 13.4. The third-order valence-corrected chi connectivity index (χ3v) is 8.19. The molecule has 9 nitrogen and oxygen atoms in total. The number of anilines is 2. The second kappa shape index (κ2) is 11.3. The molecule has 2 heterocycles. The second-order valence-electron chi connectivity index (χ2n) is 12.4. The number of aromatic nitrogens is 1. The average molecular weight is 568 g/mol. The topological polar surface area (TPSA) is 135 Å². The van der Waals surface area contributed by atoms with E-state index >= 15 is 0 Å². The summed E-state index contributed by atoms with van der Waals surface area (Å²) in [7, 11) is 0. The average Bonchev–Trinajstić information content (AvgIpc) is 3.42. The fraction of sp³-hybridized carbons (Fsp3) is 0.364. The van der Waals surface area contributed by atoms with Crippen LogP contribution in [0.2, 0.25) is 0 Å². The molecule has 0 radical (unpaired) electrons. The minimum atomic E-state index is -0.980. The van der Waals surface area contributed by atoms with Gasteiger partial charge in [0.2, 0.25) is 0 Å². The van der Waals surface area contributed by atoms with Crippen LogP contribution in [0.15, 0.2) is 60.9 Å². The Hall–Kier alpha value is -4.71. The van der Waals surface area contributed by atoms with Gasteiger partial charge in [-0.05, 0) is 86.1 Å². The van der Waals surface area contributed by atoms with Crippen LogP contribution in [0, 0.1) is 23.7 Å². The molecule has 42 heavy (non-hydrogen) atoms. The highest BCUT2D eigenvalue weighted by Crippen LogP contribution is 2.51. The maximum atomic E-state index is 13.4. The molecule has 0 saturated carbocycles. The summed E-state index contributed by atoms with van der Waals surface area (Å²) in [6.07, 6.45) is 3.62. The molecule has 0 aliphatic carbocycles. The van der Waals surface area contributed by atoms with Gasteiger partial charge in [-0.25, -0.2) is 4.79 Å². The van der Waals surface area contributed by atoms with Crippen molar-refractivity contribution in [3.63, 3.8) is 0 Å². The molecular formula is C33H37N5O4. The Bertz CT molecular complexity index is 1580. The molecule has 218 valence electrons. The summed E-state index contributed by atoms with van der Waals surface area (Å²) in [6.45, 7) is 11.9. The quantitative estimate of drug-likeness (QED) is 0.303. The molecule has 3 aromatic rings. The Kier molecular flexibility index (Phi) is 8.13. The van der Waals surface area contributed by atoms with Gasteiger partial charge in [0.1, 0.15) is 0 Å². The van der Waals surface area contributed by atoms with Gasteiger partial charge < -0.3 is 15.7 Å². The number of hydrogen-bond acceptors (Lipinski definition) is 5. The molecule has 4 rings (SSSR count). The van der Waals surface area contributed by atoms with Crippen molar-refractivity contribution >= 4 is 29.3 Å². The van der Waals surface area contributed by atoms with Crippen LogP contribution in [-0.4, -0.2) is 39.4 Å². The van der Waals surface area contributed by atoms with E-state index in [1.807, 2.05) is 26.8 Å². The van der Waals surface area contributed by atoms with Gasteiger partial charge in [0.05, 0.1) is 28.9 Å². The van der Waals surface area contributed by atoms with E-state index < -0.39 is 22.5 Å². The zero-order chi connectivity index (χ0) is 30.9. The van der Waals surface area contributed by atoms with E-state index in [0.717, 1.165) is 17.5 Å². The van der Waals surface area contributed by atoms with Crippen molar-refractivity contribution in [1.82, 2.24) is 9.88 Å². The highest BCUT2D eigenvalue weighted by molar-refractivity contribution is 6.08. The first kappa shape index (κ1) is 30.3. The minimum absolute atomic E-state index is 0.357. The number of amides is 3. The molecule has 1 unspecified atom stereocenters. The highest BCUT2D eigenvalue weighted by Gasteiger charge is 2.53. The molecular weight excluding hydrogens is 530 g/mol. The second-order valence-corrected chi connectivity index (χ2v) is 12.4.